The lowest BCUT2D eigenvalue weighted by atomic mass is 9.88. The Hall–Kier alpha value is -2.35. The highest BCUT2D eigenvalue weighted by Crippen LogP contribution is 2.22. The summed E-state index contributed by atoms with van der Waals surface area (Å²) >= 11 is 0. The van der Waals surface area contributed by atoms with E-state index in [9.17, 15) is 18.4 Å². The predicted octanol–water partition coefficient (Wildman–Crippen LogP) is 3.35. The second-order valence-corrected chi connectivity index (χ2v) is 7.97. The third kappa shape index (κ3) is 6.37. The predicted molar refractivity (Wildman–Crippen MR) is 101 cm³/mol. The smallest absolute Gasteiger partial charge is 0.387 e. The lowest BCUT2D eigenvalue weighted by molar-refractivity contribution is -0.132. The number of carbonyl (C=O) groups excluding carboxylic acids is 2. The van der Waals surface area contributed by atoms with Crippen molar-refractivity contribution in [2.24, 2.45) is 5.41 Å². The highest BCUT2D eigenvalue weighted by molar-refractivity contribution is 6.07. The van der Waals surface area contributed by atoms with Crippen molar-refractivity contribution in [1.82, 2.24) is 10.2 Å². The van der Waals surface area contributed by atoms with Crippen LogP contribution in [0.2, 0.25) is 0 Å². The molecule has 2 rings (SSSR count). The van der Waals surface area contributed by atoms with Crippen molar-refractivity contribution in [2.45, 2.75) is 59.2 Å². The minimum Gasteiger partial charge on any atom is -0.435 e. The molecule has 1 aliphatic heterocycles. The summed E-state index contributed by atoms with van der Waals surface area (Å²) in [5.41, 5.74) is 0.717. The molecule has 1 heterocycles. The molecule has 0 saturated carbocycles. The molecule has 2 amide bonds. The van der Waals surface area contributed by atoms with E-state index < -0.39 is 24.0 Å². The molecule has 6 nitrogen and oxygen atoms in total. The van der Waals surface area contributed by atoms with Crippen LogP contribution < -0.4 is 10.1 Å². The van der Waals surface area contributed by atoms with Crippen LogP contribution in [0.3, 0.4) is 0 Å². The average molecular weight is 395 g/mol. The zero-order valence-electron chi connectivity index (χ0n) is 16.4. The second-order valence-electron chi connectivity index (χ2n) is 7.97. The zero-order chi connectivity index (χ0) is 20.9. The maximum atomic E-state index is 12.5. The summed E-state index contributed by atoms with van der Waals surface area (Å²) in [6.07, 6.45) is 1.37. The Bertz CT molecular complexity index is 714. The number of halogens is 2. The first-order chi connectivity index (χ1) is 13.1. The Kier molecular flexibility index (Phi) is 7.23. The van der Waals surface area contributed by atoms with Gasteiger partial charge in [0.1, 0.15) is 5.75 Å². The number of likely N-dealkylation sites (tertiary alicyclic amines) is 1. The van der Waals surface area contributed by atoms with Crippen LogP contribution in [-0.2, 0) is 16.1 Å². The third-order valence-corrected chi connectivity index (χ3v) is 4.71. The van der Waals surface area contributed by atoms with Crippen LogP contribution in [0.25, 0.3) is 0 Å². The van der Waals surface area contributed by atoms with Gasteiger partial charge in [-0.05, 0) is 37.1 Å². The van der Waals surface area contributed by atoms with Gasteiger partial charge in [-0.15, -0.1) is 0 Å². The largest absolute Gasteiger partial charge is 0.435 e. The Morgan fingerprint density at radius 2 is 1.93 bits per heavy atom. The van der Waals surface area contributed by atoms with Gasteiger partial charge in [0, 0.05) is 17.7 Å². The Balaban J connectivity index is 1.92. The summed E-state index contributed by atoms with van der Waals surface area (Å²) in [5, 5.41) is 10.3. The van der Waals surface area contributed by atoms with Crippen molar-refractivity contribution in [3.05, 3.63) is 29.8 Å². The zero-order valence-corrected chi connectivity index (χ0v) is 16.4. The normalized spacial score (nSPS) is 17.6. The number of ether oxygens (including phenoxy) is 1. The number of amides is 2. The van der Waals surface area contributed by atoms with Crippen LogP contribution in [-0.4, -0.2) is 41.6 Å². The minimum atomic E-state index is -2.87. The fourth-order valence-electron chi connectivity index (χ4n) is 3.01. The minimum absolute atomic E-state index is 0.0846. The summed E-state index contributed by atoms with van der Waals surface area (Å²) in [6.45, 7) is 3.86. The van der Waals surface area contributed by atoms with Gasteiger partial charge in [0.05, 0.1) is 12.5 Å². The van der Waals surface area contributed by atoms with Crippen molar-refractivity contribution in [3.63, 3.8) is 0 Å². The molecule has 1 unspecified atom stereocenters. The van der Waals surface area contributed by atoms with Crippen molar-refractivity contribution in [3.8, 4) is 5.75 Å². The van der Waals surface area contributed by atoms with Crippen molar-refractivity contribution in [1.29, 1.82) is 5.41 Å². The maximum Gasteiger partial charge on any atom is 0.387 e. The first-order valence-electron chi connectivity index (χ1n) is 9.25. The molecule has 1 fully saturated rings. The number of nitrogens with one attached hydrogen (secondary N) is 2. The molecule has 8 heteroatoms. The Morgan fingerprint density at radius 3 is 2.50 bits per heavy atom. The fraction of sp³-hybridized carbons (Fsp3) is 0.550. The van der Waals surface area contributed by atoms with Gasteiger partial charge in [-0.25, -0.2) is 0 Å². The number of hydrogen-bond acceptors (Lipinski definition) is 5. The van der Waals surface area contributed by atoms with Gasteiger partial charge in [-0.2, -0.15) is 8.78 Å². The number of rotatable bonds is 7. The van der Waals surface area contributed by atoms with Gasteiger partial charge in [-0.3, -0.25) is 19.8 Å². The second kappa shape index (κ2) is 9.23. The van der Waals surface area contributed by atoms with E-state index in [0.717, 1.165) is 12.0 Å². The van der Waals surface area contributed by atoms with Crippen LogP contribution in [0, 0.1) is 10.8 Å². The molecule has 0 radical (unpaired) electrons. The summed E-state index contributed by atoms with van der Waals surface area (Å²) in [7, 11) is 0. The summed E-state index contributed by atoms with van der Waals surface area (Å²) < 4.78 is 28.8. The van der Waals surface area contributed by atoms with E-state index in [1.54, 1.807) is 12.1 Å². The molecule has 0 aromatic heterocycles. The van der Waals surface area contributed by atoms with E-state index in [1.165, 1.54) is 12.1 Å². The number of carbonyl (C=O) groups is 2. The van der Waals surface area contributed by atoms with E-state index >= 15 is 0 Å². The molecule has 1 aromatic carbocycles. The van der Waals surface area contributed by atoms with Crippen molar-refractivity contribution in [2.75, 3.05) is 6.54 Å². The summed E-state index contributed by atoms with van der Waals surface area (Å²) in [4.78, 5) is 26.6. The van der Waals surface area contributed by atoms with E-state index in [4.69, 9.17) is 5.41 Å². The molecular weight excluding hydrogens is 368 g/mol. The first kappa shape index (κ1) is 21.9. The highest BCUT2D eigenvalue weighted by atomic mass is 19.3. The van der Waals surface area contributed by atoms with Gasteiger partial charge in [0.25, 0.3) is 0 Å². The number of benzene rings is 1. The average Bonchev–Trinajstić information content (AvgIpc) is 3.03. The first-order valence-corrected chi connectivity index (χ1v) is 9.25. The van der Waals surface area contributed by atoms with E-state index in [2.05, 4.69) is 10.1 Å². The lowest BCUT2D eigenvalue weighted by Gasteiger charge is -2.24. The fourth-order valence-corrected chi connectivity index (χ4v) is 3.01. The maximum absolute atomic E-state index is 12.5. The van der Waals surface area contributed by atoms with Gasteiger partial charge in [-0.1, -0.05) is 32.9 Å². The Labute approximate surface area is 163 Å². The van der Waals surface area contributed by atoms with E-state index in [0.29, 0.717) is 19.5 Å². The standard InChI is InChI=1S/C20H27F2N3O3/c1-20(2,3)16(23)11-17(26)24-18(27)15-5-4-10-25(15)12-13-6-8-14(9-7-13)28-19(21)22/h6-9,15,19,23H,4-5,10-12H2,1-3H3,(H,24,26,27). The van der Waals surface area contributed by atoms with Crippen LogP contribution in [0.5, 0.6) is 5.75 Å². The van der Waals surface area contributed by atoms with Crippen LogP contribution >= 0.6 is 0 Å². The van der Waals surface area contributed by atoms with Crippen molar-refractivity contribution >= 4 is 17.5 Å². The topological polar surface area (TPSA) is 82.5 Å². The molecule has 28 heavy (non-hydrogen) atoms. The number of alkyl halides is 2. The van der Waals surface area contributed by atoms with Crippen LogP contribution in [0.4, 0.5) is 8.78 Å². The molecule has 1 aromatic rings. The SMILES string of the molecule is CC(C)(C)C(=N)CC(=O)NC(=O)C1CCCN1Cc1ccc(OC(F)F)cc1. The highest BCUT2D eigenvalue weighted by Gasteiger charge is 2.32. The quantitative estimate of drug-likeness (QED) is 0.694. The lowest BCUT2D eigenvalue weighted by Crippen LogP contribution is -2.45. The monoisotopic (exact) mass is 395 g/mol. The number of nitrogens with zero attached hydrogens (tertiary/aromatic N) is 1. The molecular formula is C20H27F2N3O3. The number of imide groups is 1. The van der Waals surface area contributed by atoms with Crippen LogP contribution in [0.1, 0.15) is 45.6 Å². The molecule has 0 spiro atoms. The van der Waals surface area contributed by atoms with Gasteiger partial charge in [0.15, 0.2) is 0 Å². The Morgan fingerprint density at radius 1 is 1.29 bits per heavy atom. The number of hydrogen-bond donors (Lipinski definition) is 2. The molecule has 154 valence electrons. The third-order valence-electron chi connectivity index (χ3n) is 4.71. The van der Waals surface area contributed by atoms with Gasteiger partial charge in [0.2, 0.25) is 11.8 Å². The molecule has 0 bridgehead atoms. The molecule has 2 N–H and O–H groups in total. The van der Waals surface area contributed by atoms with E-state index in [1.807, 2.05) is 25.7 Å². The van der Waals surface area contributed by atoms with Gasteiger partial charge >= 0.3 is 6.61 Å². The molecule has 1 aliphatic rings. The van der Waals surface area contributed by atoms with Crippen LogP contribution in [0.15, 0.2) is 24.3 Å². The van der Waals surface area contributed by atoms with Gasteiger partial charge < -0.3 is 10.1 Å². The summed E-state index contributed by atoms with van der Waals surface area (Å²) in [5.74, 6) is -0.742. The summed E-state index contributed by atoms with van der Waals surface area (Å²) in [6, 6.07) is 5.87. The van der Waals surface area contributed by atoms with Crippen molar-refractivity contribution < 1.29 is 23.1 Å². The van der Waals surface area contributed by atoms with E-state index in [-0.39, 0.29) is 23.8 Å². The molecule has 0 aliphatic carbocycles. The molecule has 1 saturated heterocycles. The molecule has 1 atom stereocenters.